The second-order valence-electron chi connectivity index (χ2n) is 17.6. The van der Waals surface area contributed by atoms with Gasteiger partial charge in [0.15, 0.2) is 5.96 Å². The van der Waals surface area contributed by atoms with E-state index in [1.165, 1.54) is 0 Å². The number of hydrogen-bond acceptors (Lipinski definition) is 14. The third-order valence-electron chi connectivity index (χ3n) is 11.7. The number of hydrogen-bond donors (Lipinski definition) is 16. The molecule has 27 nitrogen and oxygen atoms in total. The van der Waals surface area contributed by atoms with Gasteiger partial charge in [-0.2, -0.15) is 0 Å². The summed E-state index contributed by atoms with van der Waals surface area (Å²) in [5.74, 6) is -10.5. The summed E-state index contributed by atoms with van der Waals surface area (Å²) in [5.41, 5.74) is 34.3. The van der Waals surface area contributed by atoms with E-state index in [4.69, 9.17) is 34.4 Å². The number of para-hydroxylation sites is 1. The van der Waals surface area contributed by atoms with E-state index in [1.807, 2.05) is 0 Å². The molecule has 2 rings (SSSR count). The van der Waals surface area contributed by atoms with Gasteiger partial charge in [-0.25, -0.2) is 4.79 Å². The van der Waals surface area contributed by atoms with Crippen LogP contribution in [0.25, 0.3) is 10.9 Å². The van der Waals surface area contributed by atoms with Crippen molar-refractivity contribution in [1.29, 1.82) is 0 Å². The van der Waals surface area contributed by atoms with Crippen molar-refractivity contribution in [3.8, 4) is 0 Å². The third-order valence-corrected chi connectivity index (χ3v) is 11.7. The molecule has 73 heavy (non-hydrogen) atoms. The maximum absolute atomic E-state index is 14.3. The molecule has 0 aliphatic carbocycles. The lowest BCUT2D eigenvalue weighted by molar-refractivity contribution is -0.142. The number of fused-ring (bicyclic) bond motifs is 1. The second kappa shape index (κ2) is 32.6. The van der Waals surface area contributed by atoms with Crippen molar-refractivity contribution in [2.75, 3.05) is 26.2 Å². The van der Waals surface area contributed by atoms with Gasteiger partial charge in [-0.1, -0.05) is 38.5 Å². The van der Waals surface area contributed by atoms with Crippen LogP contribution in [0.3, 0.4) is 0 Å². The van der Waals surface area contributed by atoms with Crippen molar-refractivity contribution >= 4 is 76.1 Å². The smallest absolute Gasteiger partial charge is 0.326 e. The van der Waals surface area contributed by atoms with Gasteiger partial charge in [-0.15, -0.1) is 0 Å². The van der Waals surface area contributed by atoms with Crippen LogP contribution in [0.15, 0.2) is 35.5 Å². The van der Waals surface area contributed by atoms with Gasteiger partial charge in [0.05, 0.1) is 19.0 Å². The molecule has 2 aromatic rings. The molecule has 0 saturated heterocycles. The molecule has 22 N–H and O–H groups in total. The van der Waals surface area contributed by atoms with Gasteiger partial charge in [0.2, 0.25) is 47.3 Å². The molecule has 0 fully saturated rings. The zero-order chi connectivity index (χ0) is 54.6. The molecule has 8 amide bonds. The number of guanidine groups is 1. The number of unbranched alkanes of at least 4 members (excludes halogenated alkanes) is 2. The fourth-order valence-electron chi connectivity index (χ4n) is 7.44. The first-order chi connectivity index (χ1) is 34.6. The zero-order valence-electron chi connectivity index (χ0n) is 41.4. The van der Waals surface area contributed by atoms with E-state index < -0.39 is 133 Å². The lowest BCUT2D eigenvalue weighted by atomic mass is 9.96. The number of amides is 8. The maximum atomic E-state index is 14.3. The quantitative estimate of drug-likeness (QED) is 0.0177. The van der Waals surface area contributed by atoms with Crippen LogP contribution in [0, 0.1) is 5.92 Å². The molecule has 0 unspecified atom stereocenters. The monoisotopic (exact) mass is 1030 g/mol. The van der Waals surface area contributed by atoms with Crippen LogP contribution in [0.2, 0.25) is 0 Å². The molecule has 0 spiro atoms. The fraction of sp³-hybridized carbons (Fsp3) is 0.587. The largest absolute Gasteiger partial charge is 0.481 e. The second-order valence-corrected chi connectivity index (χ2v) is 17.6. The van der Waals surface area contributed by atoms with E-state index in [2.05, 4.69) is 47.2 Å². The SMILES string of the molecule is CC[C@H](C)[C@H](NC(=O)[C@H](CCCCN)NC(=O)[C@H](Cc1c[nH]c2ccccc12)NC(=O)CNC(=O)[C@@H](N)CC(N)=O)C(=O)N[C@@H](CCC(=O)O)C(=O)N[C@@H](CCCN=C(N)N)C(=O)N[C@@H](CCCCN)C(=O)O. The number of nitrogens with zero attached hydrogens (tertiary/aromatic N) is 1. The predicted molar refractivity (Wildman–Crippen MR) is 268 cm³/mol. The fourth-order valence-corrected chi connectivity index (χ4v) is 7.44. The van der Waals surface area contributed by atoms with E-state index in [-0.39, 0.29) is 51.2 Å². The highest BCUT2D eigenvalue weighted by Crippen LogP contribution is 2.20. The lowest BCUT2D eigenvalue weighted by Crippen LogP contribution is -2.61. The summed E-state index contributed by atoms with van der Waals surface area (Å²) >= 11 is 0. The molecule has 27 heteroatoms. The number of H-pyrrole nitrogens is 1. The molecule has 406 valence electrons. The minimum Gasteiger partial charge on any atom is -0.481 e. The number of aromatic amines is 1. The van der Waals surface area contributed by atoms with Gasteiger partial charge in [0, 0.05) is 36.5 Å². The van der Waals surface area contributed by atoms with Crippen molar-refractivity contribution in [3.05, 3.63) is 36.0 Å². The van der Waals surface area contributed by atoms with E-state index in [0.29, 0.717) is 44.2 Å². The van der Waals surface area contributed by atoms with Gasteiger partial charge < -0.3 is 86.8 Å². The van der Waals surface area contributed by atoms with Gasteiger partial charge in [-0.05, 0) is 88.4 Å². The van der Waals surface area contributed by atoms with Gasteiger partial charge >= 0.3 is 11.9 Å². The van der Waals surface area contributed by atoms with Gasteiger partial charge in [0.25, 0.3) is 0 Å². The number of carboxylic acids is 2. The van der Waals surface area contributed by atoms with Crippen LogP contribution >= 0.6 is 0 Å². The summed E-state index contributed by atoms with van der Waals surface area (Å²) in [6, 6.07) is -2.56. The van der Waals surface area contributed by atoms with E-state index in [1.54, 1.807) is 44.3 Å². The first kappa shape index (κ1) is 61.7. The minimum absolute atomic E-state index is 0.0111. The average molecular weight is 1030 g/mol. The molecule has 1 aromatic heterocycles. The van der Waals surface area contributed by atoms with Crippen LogP contribution in [0.4, 0.5) is 0 Å². The molecule has 0 aliphatic heterocycles. The van der Waals surface area contributed by atoms with E-state index >= 15 is 0 Å². The number of benzene rings is 1. The summed E-state index contributed by atoms with van der Waals surface area (Å²) in [5, 5.41) is 37.8. The Kier molecular flexibility index (Phi) is 27.5. The summed E-state index contributed by atoms with van der Waals surface area (Å²) in [6.45, 7) is 3.27. The van der Waals surface area contributed by atoms with Crippen molar-refractivity contribution in [1.82, 2.24) is 42.2 Å². The molecular weight excluding hydrogens is 955 g/mol. The highest BCUT2D eigenvalue weighted by molar-refractivity contribution is 5.98. The van der Waals surface area contributed by atoms with Crippen molar-refractivity contribution < 1.29 is 58.2 Å². The van der Waals surface area contributed by atoms with Gasteiger partial charge in [0.1, 0.15) is 36.3 Å². The number of aliphatic carboxylic acids is 2. The third kappa shape index (κ3) is 22.7. The standard InChI is InChI=1S/C46H75N15O12/c1-3-25(2)38(44(71)59-32(16-17-37(64)65)41(68)57-31(15-10-20-53-46(51)52)40(67)60-33(45(72)73)14-7-9-19-48)61-42(69)30(13-6-8-18-47)58-43(70)34(21-26-23-54-29-12-5-4-11-27(26)29)56-36(63)24-55-39(66)28(49)22-35(50)62/h4-5,11-12,23,25,28,30-34,38,54H,3,6-10,13-22,24,47-49H2,1-2H3,(H2,50,62)(H,55,66)(H,56,63)(H,57,68)(H,58,70)(H,59,71)(H,60,67)(H,61,69)(H,64,65)(H,72,73)(H4,51,52,53)/t25-,28-,30-,31-,32-,33-,34-,38-/m0/s1. The zero-order valence-corrected chi connectivity index (χ0v) is 41.4. The minimum atomic E-state index is -1.60. The first-order valence-electron chi connectivity index (χ1n) is 24.2. The number of carbonyl (C=O) groups is 10. The number of carbonyl (C=O) groups excluding carboxylic acids is 8. The van der Waals surface area contributed by atoms with Gasteiger partial charge in [-0.3, -0.25) is 48.1 Å². The summed E-state index contributed by atoms with van der Waals surface area (Å²) < 4.78 is 0. The molecular formula is C46H75N15O12. The summed E-state index contributed by atoms with van der Waals surface area (Å²) in [4.78, 5) is 138. The highest BCUT2D eigenvalue weighted by atomic mass is 16.4. The van der Waals surface area contributed by atoms with Crippen LogP contribution in [-0.2, 0) is 54.4 Å². The Hall–Kier alpha value is -7.39. The molecule has 0 bridgehead atoms. The predicted octanol–water partition coefficient (Wildman–Crippen LogP) is -3.75. The first-order valence-corrected chi connectivity index (χ1v) is 24.2. The number of nitrogens with two attached hydrogens (primary N) is 6. The maximum Gasteiger partial charge on any atom is 0.326 e. The molecule has 0 radical (unpaired) electrons. The number of rotatable bonds is 36. The Morgan fingerprint density at radius 3 is 1.75 bits per heavy atom. The number of primary amides is 1. The summed E-state index contributed by atoms with van der Waals surface area (Å²) in [7, 11) is 0. The van der Waals surface area contributed by atoms with Crippen molar-refractivity contribution in [2.24, 2.45) is 45.3 Å². The normalized spacial score (nSPS) is 14.3. The summed E-state index contributed by atoms with van der Waals surface area (Å²) in [6.07, 6.45) is 1.95. The molecule has 0 saturated carbocycles. The molecule has 0 aliphatic rings. The number of nitrogens with one attached hydrogen (secondary N) is 8. The Labute approximate surface area is 422 Å². The van der Waals surface area contributed by atoms with Crippen molar-refractivity contribution in [2.45, 2.75) is 140 Å². The van der Waals surface area contributed by atoms with E-state index in [0.717, 1.165) is 10.9 Å². The molecule has 1 aromatic carbocycles. The lowest BCUT2D eigenvalue weighted by Gasteiger charge is -2.29. The molecule has 8 atom stereocenters. The number of aliphatic imine (C=N–C) groups is 1. The highest BCUT2D eigenvalue weighted by Gasteiger charge is 2.35. The number of aromatic nitrogens is 1. The van der Waals surface area contributed by atoms with Crippen LogP contribution < -0.4 is 71.6 Å². The Balaban J connectivity index is 2.45. The van der Waals surface area contributed by atoms with Crippen molar-refractivity contribution in [3.63, 3.8) is 0 Å². The average Bonchev–Trinajstić information content (AvgIpc) is 3.75. The molecule has 1 heterocycles. The van der Waals surface area contributed by atoms with Crippen LogP contribution in [0.1, 0.15) is 96.5 Å². The van der Waals surface area contributed by atoms with Crippen LogP contribution in [-0.4, -0.2) is 149 Å². The Bertz CT molecular complexity index is 2220. The number of carboxylic acid groups (broad SMARTS) is 2. The van der Waals surface area contributed by atoms with Crippen LogP contribution in [0.5, 0.6) is 0 Å². The Morgan fingerprint density at radius 2 is 1.19 bits per heavy atom. The topological polar surface area (TPSA) is 480 Å². The van der Waals surface area contributed by atoms with E-state index in [9.17, 15) is 58.2 Å². The Morgan fingerprint density at radius 1 is 0.658 bits per heavy atom.